The van der Waals surface area contributed by atoms with Crippen molar-refractivity contribution in [1.82, 2.24) is 9.97 Å². The van der Waals surface area contributed by atoms with Gasteiger partial charge in [0.1, 0.15) is 34.5 Å². The fourth-order valence-corrected chi connectivity index (χ4v) is 4.37. The summed E-state index contributed by atoms with van der Waals surface area (Å²) in [5.74, 6) is 0.546. The van der Waals surface area contributed by atoms with E-state index in [1.54, 1.807) is 19.1 Å². The fraction of sp³-hybridized carbons (Fsp3) is 0.174. The maximum absolute atomic E-state index is 12.7. The minimum Gasteiger partial charge on any atom is -0.490 e. The number of ether oxygens (including phenoxy) is 2. The number of H-pyrrole nitrogens is 1. The number of carbonyl (C=O) groups is 1. The summed E-state index contributed by atoms with van der Waals surface area (Å²) >= 11 is 1.10. The number of nitro benzene ring substituents is 1. The van der Waals surface area contributed by atoms with Crippen molar-refractivity contribution in [3.63, 3.8) is 0 Å². The predicted molar refractivity (Wildman–Crippen MR) is 123 cm³/mol. The van der Waals surface area contributed by atoms with Gasteiger partial charge in [-0.3, -0.25) is 14.9 Å². The Balaban J connectivity index is 1.46. The van der Waals surface area contributed by atoms with Crippen LogP contribution < -0.4 is 10.3 Å². The molecule has 33 heavy (non-hydrogen) atoms. The summed E-state index contributed by atoms with van der Waals surface area (Å²) < 4.78 is 10.8. The van der Waals surface area contributed by atoms with Crippen LogP contribution in [-0.2, 0) is 11.2 Å². The first-order chi connectivity index (χ1) is 15.9. The van der Waals surface area contributed by atoms with E-state index in [0.29, 0.717) is 32.2 Å². The summed E-state index contributed by atoms with van der Waals surface area (Å²) in [6.45, 7) is 1.96. The molecule has 2 heterocycles. The van der Waals surface area contributed by atoms with Crippen LogP contribution in [0.5, 0.6) is 5.75 Å². The number of hydrogen-bond donors (Lipinski definition) is 1. The molecule has 2 aromatic carbocycles. The molecule has 0 unspecified atom stereocenters. The number of rotatable bonds is 8. The number of nitrogens with zero attached hydrogens (tertiary/aromatic N) is 2. The zero-order valence-corrected chi connectivity index (χ0v) is 18.4. The molecular weight excluding hydrogens is 446 g/mol. The number of thiophene rings is 1. The van der Waals surface area contributed by atoms with Gasteiger partial charge in [-0.05, 0) is 30.2 Å². The highest BCUT2D eigenvalue weighted by molar-refractivity contribution is 7.20. The van der Waals surface area contributed by atoms with Gasteiger partial charge in [0.05, 0.1) is 10.3 Å². The molecule has 0 atom stereocenters. The number of aromatic nitrogens is 2. The van der Waals surface area contributed by atoms with Gasteiger partial charge in [-0.15, -0.1) is 11.3 Å². The van der Waals surface area contributed by atoms with Crippen molar-refractivity contribution in [2.75, 3.05) is 13.2 Å². The molecule has 4 aromatic rings. The van der Waals surface area contributed by atoms with Crippen LogP contribution in [-0.4, -0.2) is 34.1 Å². The van der Waals surface area contributed by atoms with E-state index in [0.717, 1.165) is 16.9 Å². The highest BCUT2D eigenvalue weighted by Crippen LogP contribution is 2.28. The number of para-hydroxylation sites is 1. The molecule has 0 fully saturated rings. The molecule has 0 amide bonds. The number of non-ortho nitro benzene ring substituents is 1. The van der Waals surface area contributed by atoms with Crippen molar-refractivity contribution in [3.05, 3.63) is 96.9 Å². The molecule has 168 valence electrons. The molecule has 2 aromatic heterocycles. The third kappa shape index (κ3) is 5.07. The van der Waals surface area contributed by atoms with E-state index < -0.39 is 10.9 Å². The van der Waals surface area contributed by atoms with E-state index in [1.165, 1.54) is 12.1 Å². The Hall–Kier alpha value is -4.05. The van der Waals surface area contributed by atoms with Crippen LogP contribution in [0.25, 0.3) is 10.2 Å². The first-order valence-electron chi connectivity index (χ1n) is 10.0. The molecule has 10 heteroatoms. The first kappa shape index (κ1) is 22.2. The Morgan fingerprint density at radius 2 is 1.85 bits per heavy atom. The van der Waals surface area contributed by atoms with Gasteiger partial charge in [0.2, 0.25) is 0 Å². The minimum atomic E-state index is -0.538. The van der Waals surface area contributed by atoms with Crippen molar-refractivity contribution in [2.24, 2.45) is 0 Å². The quantitative estimate of drug-likeness (QED) is 0.180. The number of esters is 1. The molecule has 1 N–H and O–H groups in total. The summed E-state index contributed by atoms with van der Waals surface area (Å²) in [5, 5.41) is 11.1. The Labute approximate surface area is 191 Å². The molecule has 0 saturated carbocycles. The van der Waals surface area contributed by atoms with Gasteiger partial charge in [0, 0.05) is 18.6 Å². The van der Waals surface area contributed by atoms with Crippen LogP contribution in [0.2, 0.25) is 0 Å². The summed E-state index contributed by atoms with van der Waals surface area (Å²) in [6, 6.07) is 15.2. The van der Waals surface area contributed by atoms with Gasteiger partial charge in [0.15, 0.2) is 0 Å². The summed E-state index contributed by atoms with van der Waals surface area (Å²) in [6.07, 6.45) is 0.288. The standard InChI is InChI=1S/C23H19N3O6S/c1-14-19-21(27)24-18(13-15-7-9-16(10-8-15)26(29)30)25-22(19)33-20(14)23(28)32-12-11-31-17-5-3-2-4-6-17/h2-10H,11-13H2,1H3,(H,24,25,27). The number of nitrogens with one attached hydrogen (secondary N) is 1. The molecule has 0 saturated heterocycles. The predicted octanol–water partition coefficient (Wildman–Crippen LogP) is 4.03. The van der Waals surface area contributed by atoms with E-state index >= 15 is 0 Å². The summed E-state index contributed by atoms with van der Waals surface area (Å²) in [7, 11) is 0. The van der Waals surface area contributed by atoms with Gasteiger partial charge >= 0.3 is 5.97 Å². The number of fused-ring (bicyclic) bond motifs is 1. The highest BCUT2D eigenvalue weighted by Gasteiger charge is 2.20. The molecule has 4 rings (SSSR count). The molecule has 9 nitrogen and oxygen atoms in total. The Morgan fingerprint density at radius 1 is 1.12 bits per heavy atom. The third-order valence-electron chi connectivity index (χ3n) is 4.88. The van der Waals surface area contributed by atoms with Gasteiger partial charge < -0.3 is 14.5 Å². The second-order valence-electron chi connectivity index (χ2n) is 7.15. The lowest BCUT2D eigenvalue weighted by Gasteiger charge is -2.06. The third-order valence-corrected chi connectivity index (χ3v) is 6.05. The lowest BCUT2D eigenvalue weighted by molar-refractivity contribution is -0.384. The van der Waals surface area contributed by atoms with Crippen LogP contribution in [0.4, 0.5) is 5.69 Å². The number of aromatic amines is 1. The molecule has 0 aliphatic carbocycles. The monoisotopic (exact) mass is 465 g/mol. The second kappa shape index (κ2) is 9.61. The molecule has 0 aliphatic heterocycles. The van der Waals surface area contributed by atoms with Crippen molar-refractivity contribution in [1.29, 1.82) is 0 Å². The van der Waals surface area contributed by atoms with Crippen molar-refractivity contribution in [3.8, 4) is 5.75 Å². The Kier molecular flexibility index (Phi) is 6.45. The molecule has 0 radical (unpaired) electrons. The Bertz CT molecular complexity index is 1360. The van der Waals surface area contributed by atoms with Crippen LogP contribution in [0.1, 0.15) is 26.6 Å². The van der Waals surface area contributed by atoms with Crippen LogP contribution in [0, 0.1) is 17.0 Å². The van der Waals surface area contributed by atoms with Crippen molar-refractivity contribution >= 4 is 33.2 Å². The molecule has 0 bridgehead atoms. The van der Waals surface area contributed by atoms with Gasteiger partial charge in [-0.2, -0.15) is 0 Å². The van der Waals surface area contributed by atoms with Gasteiger partial charge in [-0.1, -0.05) is 30.3 Å². The van der Waals surface area contributed by atoms with E-state index in [-0.39, 0.29) is 30.9 Å². The SMILES string of the molecule is Cc1c(C(=O)OCCOc2ccccc2)sc2nc(Cc3ccc([N+](=O)[O-])cc3)[nH]c(=O)c12. The van der Waals surface area contributed by atoms with Gasteiger partial charge in [-0.25, -0.2) is 9.78 Å². The number of nitro groups is 1. The van der Waals surface area contributed by atoms with Gasteiger partial charge in [0.25, 0.3) is 11.2 Å². The lowest BCUT2D eigenvalue weighted by Crippen LogP contribution is -2.13. The Morgan fingerprint density at radius 3 is 2.55 bits per heavy atom. The normalized spacial score (nSPS) is 10.8. The maximum atomic E-state index is 12.7. The average Bonchev–Trinajstić information content (AvgIpc) is 3.14. The molecule has 0 aliphatic rings. The summed E-state index contributed by atoms with van der Waals surface area (Å²) in [5.41, 5.74) is 0.910. The maximum Gasteiger partial charge on any atom is 0.348 e. The van der Waals surface area contributed by atoms with E-state index in [9.17, 15) is 19.7 Å². The molecular formula is C23H19N3O6S. The van der Waals surface area contributed by atoms with Crippen LogP contribution >= 0.6 is 11.3 Å². The lowest BCUT2D eigenvalue weighted by atomic mass is 10.1. The number of benzene rings is 2. The van der Waals surface area contributed by atoms with Crippen molar-refractivity contribution < 1.29 is 19.2 Å². The zero-order chi connectivity index (χ0) is 23.4. The zero-order valence-electron chi connectivity index (χ0n) is 17.6. The van der Waals surface area contributed by atoms with Crippen molar-refractivity contribution in [2.45, 2.75) is 13.3 Å². The van der Waals surface area contributed by atoms with E-state index in [4.69, 9.17) is 9.47 Å². The second-order valence-corrected chi connectivity index (χ2v) is 8.15. The minimum absolute atomic E-state index is 0.0122. The number of aryl methyl sites for hydroxylation is 1. The fourth-order valence-electron chi connectivity index (χ4n) is 3.27. The summed E-state index contributed by atoms with van der Waals surface area (Å²) in [4.78, 5) is 43.5. The van der Waals surface area contributed by atoms with E-state index in [1.807, 2.05) is 30.3 Å². The van der Waals surface area contributed by atoms with E-state index in [2.05, 4.69) is 9.97 Å². The highest BCUT2D eigenvalue weighted by atomic mass is 32.1. The van der Waals surface area contributed by atoms with Crippen LogP contribution in [0.3, 0.4) is 0 Å². The first-order valence-corrected chi connectivity index (χ1v) is 10.8. The molecule has 0 spiro atoms. The smallest absolute Gasteiger partial charge is 0.348 e. The number of carbonyl (C=O) groups excluding carboxylic acids is 1. The number of hydrogen-bond acceptors (Lipinski definition) is 8. The average molecular weight is 465 g/mol. The topological polar surface area (TPSA) is 124 Å². The van der Waals surface area contributed by atoms with Crippen LogP contribution in [0.15, 0.2) is 59.4 Å². The largest absolute Gasteiger partial charge is 0.490 e.